The van der Waals surface area contributed by atoms with E-state index in [0.717, 1.165) is 44.1 Å². The highest BCUT2D eigenvalue weighted by Gasteiger charge is 2.63. The molecule has 0 aromatic carbocycles. The molecule has 150 valence electrons. The van der Waals surface area contributed by atoms with Crippen LogP contribution < -0.4 is 0 Å². The largest absolute Gasteiger partial charge is 0.464 e. The summed E-state index contributed by atoms with van der Waals surface area (Å²) in [5.74, 6) is 0.533. The zero-order chi connectivity index (χ0) is 19.4. The maximum Gasteiger partial charge on any atom is 0.335 e. The average Bonchev–Trinajstić information content (AvgIpc) is 2.96. The van der Waals surface area contributed by atoms with Crippen LogP contribution in [0.25, 0.3) is 0 Å². The van der Waals surface area contributed by atoms with Gasteiger partial charge in [-0.2, -0.15) is 0 Å². The van der Waals surface area contributed by atoms with Gasteiger partial charge in [-0.25, -0.2) is 4.79 Å². The van der Waals surface area contributed by atoms with Crippen LogP contribution in [0.1, 0.15) is 65.2 Å². The molecule has 0 spiro atoms. The first-order valence-corrected chi connectivity index (χ1v) is 10.6. The summed E-state index contributed by atoms with van der Waals surface area (Å²) in [4.78, 5) is 24.7. The van der Waals surface area contributed by atoms with E-state index in [-0.39, 0.29) is 29.8 Å². The monoisotopic (exact) mass is 376 g/mol. The van der Waals surface area contributed by atoms with Gasteiger partial charge in [0, 0.05) is 11.8 Å². The predicted octanol–water partition coefficient (Wildman–Crippen LogP) is 2.78. The lowest BCUT2D eigenvalue weighted by Crippen LogP contribution is -2.58. The minimum Gasteiger partial charge on any atom is -0.464 e. The summed E-state index contributed by atoms with van der Waals surface area (Å²) in [7, 11) is 0. The van der Waals surface area contributed by atoms with Gasteiger partial charge in [0.15, 0.2) is 11.9 Å². The van der Waals surface area contributed by atoms with E-state index in [9.17, 15) is 19.8 Å². The SMILES string of the molecule is CCOC(=O)C(O)[C@]12CCC(=O)C=C1CC[C@H]1[C@@H]3CC[C@H](O)[C@@]3(C)CC[C@@H]12. The lowest BCUT2D eigenvalue weighted by atomic mass is 9.45. The van der Waals surface area contributed by atoms with Crippen molar-refractivity contribution in [3.05, 3.63) is 11.6 Å². The Balaban J connectivity index is 1.74. The van der Waals surface area contributed by atoms with Gasteiger partial charge < -0.3 is 14.9 Å². The Morgan fingerprint density at radius 1 is 1.22 bits per heavy atom. The normalized spacial score (nSPS) is 44.6. The molecule has 3 saturated carbocycles. The Bertz CT molecular complexity index is 670. The maximum absolute atomic E-state index is 12.6. The predicted molar refractivity (Wildman–Crippen MR) is 99.7 cm³/mol. The number of aliphatic hydroxyl groups is 2. The van der Waals surface area contributed by atoms with Crippen molar-refractivity contribution in [2.75, 3.05) is 6.61 Å². The third kappa shape index (κ3) is 2.65. The summed E-state index contributed by atoms with van der Waals surface area (Å²) in [6.07, 6.45) is 6.56. The van der Waals surface area contributed by atoms with Gasteiger partial charge in [-0.1, -0.05) is 12.5 Å². The van der Waals surface area contributed by atoms with Crippen LogP contribution in [0.3, 0.4) is 0 Å². The first kappa shape index (κ1) is 19.1. The Morgan fingerprint density at radius 3 is 2.74 bits per heavy atom. The molecule has 3 fully saturated rings. The number of hydrogen-bond acceptors (Lipinski definition) is 5. The zero-order valence-corrected chi connectivity index (χ0v) is 16.4. The van der Waals surface area contributed by atoms with Crippen LogP contribution in [0, 0.1) is 28.6 Å². The highest BCUT2D eigenvalue weighted by molar-refractivity contribution is 5.92. The summed E-state index contributed by atoms with van der Waals surface area (Å²) in [6, 6.07) is 0. The molecule has 5 nitrogen and oxygen atoms in total. The van der Waals surface area contributed by atoms with E-state index in [2.05, 4.69) is 6.92 Å². The van der Waals surface area contributed by atoms with Gasteiger partial charge in [0.1, 0.15) is 0 Å². The Morgan fingerprint density at radius 2 is 2.00 bits per heavy atom. The van der Waals surface area contributed by atoms with Crippen molar-refractivity contribution in [1.82, 2.24) is 0 Å². The molecule has 1 unspecified atom stereocenters. The molecular weight excluding hydrogens is 344 g/mol. The number of ether oxygens (including phenoxy) is 1. The third-order valence-electron chi connectivity index (χ3n) is 8.51. The van der Waals surface area contributed by atoms with Crippen molar-refractivity contribution >= 4 is 11.8 Å². The first-order chi connectivity index (χ1) is 12.8. The molecule has 4 rings (SSSR count). The van der Waals surface area contributed by atoms with Crippen LogP contribution >= 0.6 is 0 Å². The van der Waals surface area contributed by atoms with E-state index in [1.54, 1.807) is 13.0 Å². The summed E-state index contributed by atoms with van der Waals surface area (Å²) in [6.45, 7) is 4.21. The molecule has 0 aromatic heterocycles. The topological polar surface area (TPSA) is 83.8 Å². The smallest absolute Gasteiger partial charge is 0.335 e. The molecular formula is C22H32O5. The summed E-state index contributed by atoms with van der Waals surface area (Å²) in [5.41, 5.74) is 0.239. The lowest BCUT2D eigenvalue weighted by molar-refractivity contribution is -0.171. The first-order valence-electron chi connectivity index (χ1n) is 10.6. The number of rotatable bonds is 3. The molecule has 0 radical (unpaired) electrons. The summed E-state index contributed by atoms with van der Waals surface area (Å²) >= 11 is 0. The molecule has 0 aromatic rings. The molecule has 0 saturated heterocycles. The standard InChI is InChI=1S/C22H32O5/c1-3-27-20(26)19(25)22-11-8-14(23)12-13(22)4-5-15-16-6-7-18(24)21(16,2)10-9-17(15)22/h12,15-19,24-25H,3-11H2,1-2H3/t15-,16-,17-,18-,19?,21-,22+/m0/s1. The Labute approximate surface area is 161 Å². The number of carbonyl (C=O) groups excluding carboxylic acids is 2. The minimum absolute atomic E-state index is 0.0526. The van der Waals surface area contributed by atoms with Gasteiger partial charge in [0.05, 0.1) is 12.7 Å². The summed E-state index contributed by atoms with van der Waals surface area (Å²) in [5, 5.41) is 21.8. The molecule has 0 bridgehead atoms. The van der Waals surface area contributed by atoms with Crippen molar-refractivity contribution in [3.63, 3.8) is 0 Å². The van der Waals surface area contributed by atoms with Crippen LogP contribution in [0.4, 0.5) is 0 Å². The van der Waals surface area contributed by atoms with Crippen molar-refractivity contribution in [2.45, 2.75) is 77.4 Å². The number of fused-ring (bicyclic) bond motifs is 5. The van der Waals surface area contributed by atoms with Gasteiger partial charge in [0.25, 0.3) is 0 Å². The number of hydrogen-bond donors (Lipinski definition) is 2. The van der Waals surface area contributed by atoms with Crippen molar-refractivity contribution in [2.24, 2.45) is 28.6 Å². The molecule has 2 N–H and O–H groups in total. The Kier molecular flexibility index (Phi) is 4.75. The quantitative estimate of drug-likeness (QED) is 0.740. The molecule has 5 heteroatoms. The van der Waals surface area contributed by atoms with Crippen molar-refractivity contribution in [3.8, 4) is 0 Å². The van der Waals surface area contributed by atoms with Gasteiger partial charge in [-0.05, 0) is 81.1 Å². The van der Waals surface area contributed by atoms with Gasteiger partial charge >= 0.3 is 5.97 Å². The van der Waals surface area contributed by atoms with E-state index in [1.165, 1.54) is 0 Å². The van der Waals surface area contributed by atoms with E-state index >= 15 is 0 Å². The molecule has 27 heavy (non-hydrogen) atoms. The second kappa shape index (κ2) is 6.70. The fraction of sp³-hybridized carbons (Fsp3) is 0.818. The number of esters is 1. The van der Waals surface area contributed by atoms with Crippen LogP contribution in [-0.2, 0) is 14.3 Å². The highest BCUT2D eigenvalue weighted by Crippen LogP contribution is 2.66. The molecule has 0 aliphatic heterocycles. The molecule has 0 heterocycles. The second-order valence-electron chi connectivity index (χ2n) is 9.38. The van der Waals surface area contributed by atoms with E-state index in [1.807, 2.05) is 0 Å². The van der Waals surface area contributed by atoms with Crippen molar-refractivity contribution < 1.29 is 24.5 Å². The lowest BCUT2D eigenvalue weighted by Gasteiger charge is -2.59. The van der Waals surface area contributed by atoms with Crippen LogP contribution in [0.2, 0.25) is 0 Å². The van der Waals surface area contributed by atoms with E-state index in [4.69, 9.17) is 4.74 Å². The van der Waals surface area contributed by atoms with E-state index < -0.39 is 17.5 Å². The van der Waals surface area contributed by atoms with Gasteiger partial charge in [0.2, 0.25) is 0 Å². The molecule has 4 aliphatic carbocycles. The highest BCUT2D eigenvalue weighted by atomic mass is 16.5. The Hall–Kier alpha value is -1.20. The van der Waals surface area contributed by atoms with Gasteiger partial charge in [-0.15, -0.1) is 0 Å². The molecule has 4 aliphatic rings. The fourth-order valence-electron chi connectivity index (χ4n) is 7.19. The fourth-order valence-corrected chi connectivity index (χ4v) is 7.19. The van der Waals surface area contributed by atoms with Crippen LogP contribution in [0.5, 0.6) is 0 Å². The zero-order valence-electron chi connectivity index (χ0n) is 16.4. The molecule has 7 atom stereocenters. The number of ketones is 1. The number of carbonyl (C=O) groups is 2. The van der Waals surface area contributed by atoms with E-state index in [0.29, 0.717) is 24.7 Å². The second-order valence-corrected chi connectivity index (χ2v) is 9.38. The average molecular weight is 376 g/mol. The third-order valence-corrected chi connectivity index (χ3v) is 8.51. The van der Waals surface area contributed by atoms with Gasteiger partial charge in [-0.3, -0.25) is 4.79 Å². The number of aliphatic hydroxyl groups excluding tert-OH is 2. The maximum atomic E-state index is 12.6. The minimum atomic E-state index is -1.21. The van der Waals surface area contributed by atoms with Crippen LogP contribution in [-0.4, -0.2) is 40.8 Å². The van der Waals surface area contributed by atoms with Crippen molar-refractivity contribution in [1.29, 1.82) is 0 Å². The summed E-state index contributed by atoms with van der Waals surface area (Å²) < 4.78 is 5.19. The molecule has 0 amide bonds. The van der Waals surface area contributed by atoms with Crippen LogP contribution in [0.15, 0.2) is 11.6 Å².